The van der Waals surface area contributed by atoms with Gasteiger partial charge in [0.25, 0.3) is 0 Å². The molecule has 45 heavy (non-hydrogen) atoms. The van der Waals surface area contributed by atoms with E-state index in [1.54, 1.807) is 17.0 Å². The van der Waals surface area contributed by atoms with E-state index in [9.17, 15) is 24.9 Å². The summed E-state index contributed by atoms with van der Waals surface area (Å²) in [6.07, 6.45) is 6.18. The number of carbonyl (C=O) groups is 2. The van der Waals surface area contributed by atoms with Crippen LogP contribution in [0.25, 0.3) is 6.08 Å². The predicted octanol–water partition coefficient (Wildman–Crippen LogP) is 5.95. The van der Waals surface area contributed by atoms with Gasteiger partial charge in [0.15, 0.2) is 0 Å². The van der Waals surface area contributed by atoms with Crippen LogP contribution in [0, 0.1) is 23.7 Å². The number of likely N-dealkylation sites (tertiary alicyclic amines) is 2. The molecule has 7 nitrogen and oxygen atoms in total. The number of hydrogen-bond donors (Lipinski definition) is 3. The smallest absolute Gasteiger partial charge is 0.234 e. The highest BCUT2D eigenvalue weighted by Crippen LogP contribution is 2.49. The maximum Gasteiger partial charge on any atom is 0.234 e. The van der Waals surface area contributed by atoms with Gasteiger partial charge in [-0.2, -0.15) is 0 Å². The number of phenolic OH excluding ortho intramolecular Hbond substituents is 1. The molecule has 2 saturated heterocycles. The van der Waals surface area contributed by atoms with Gasteiger partial charge < -0.3 is 15.3 Å². The summed E-state index contributed by atoms with van der Waals surface area (Å²) in [4.78, 5) is 31.9. The molecule has 5 rings (SSSR count). The third-order valence-electron chi connectivity index (χ3n) is 10.1. The van der Waals surface area contributed by atoms with Crippen LogP contribution in [0.15, 0.2) is 71.3 Å². The number of phenols is 1. The molecule has 2 aromatic rings. The number of allylic oxidation sites excluding steroid dienone is 2. The fraction of sp³-hybridized carbons (Fsp3) is 0.526. The average molecular weight is 615 g/mol. The van der Waals surface area contributed by atoms with Gasteiger partial charge in [-0.25, -0.2) is 0 Å². The highest BCUT2D eigenvalue weighted by Gasteiger charge is 2.56. The number of aliphatic hydroxyl groups is 2. The Morgan fingerprint density at radius 2 is 1.73 bits per heavy atom. The SMILES string of the molecule is CCC/C(=C\c1cccc(O)c1)CC[C@@H](O)C1=C(C(C)C)C[C@H]2C(=O)N(C3CCN(Cc4ccccc4)CC3)C(=O)[C@H]2[C@H]1CO. The van der Waals surface area contributed by atoms with E-state index in [0.29, 0.717) is 19.3 Å². The molecule has 242 valence electrons. The van der Waals surface area contributed by atoms with E-state index in [0.717, 1.165) is 62.0 Å². The predicted molar refractivity (Wildman–Crippen MR) is 177 cm³/mol. The molecule has 0 bridgehead atoms. The van der Waals surface area contributed by atoms with Crippen molar-refractivity contribution >= 4 is 17.9 Å². The van der Waals surface area contributed by atoms with Crippen LogP contribution in [0.5, 0.6) is 5.75 Å². The van der Waals surface area contributed by atoms with Crippen molar-refractivity contribution in [2.45, 2.75) is 84.4 Å². The number of nitrogens with zero attached hydrogens (tertiary/aromatic N) is 2. The lowest BCUT2D eigenvalue weighted by Gasteiger charge is -2.38. The van der Waals surface area contributed by atoms with Gasteiger partial charge in [0.2, 0.25) is 11.8 Å². The van der Waals surface area contributed by atoms with Gasteiger partial charge in [-0.05, 0) is 73.3 Å². The van der Waals surface area contributed by atoms with Crippen LogP contribution >= 0.6 is 0 Å². The van der Waals surface area contributed by atoms with Crippen LogP contribution in [0.3, 0.4) is 0 Å². The van der Waals surface area contributed by atoms with Crippen LogP contribution in [0.4, 0.5) is 0 Å². The van der Waals surface area contributed by atoms with E-state index in [4.69, 9.17) is 0 Å². The quantitative estimate of drug-likeness (QED) is 0.202. The highest BCUT2D eigenvalue weighted by atomic mass is 16.3. The summed E-state index contributed by atoms with van der Waals surface area (Å²) >= 11 is 0. The molecule has 0 spiro atoms. The van der Waals surface area contributed by atoms with Gasteiger partial charge in [0.1, 0.15) is 5.75 Å². The monoisotopic (exact) mass is 614 g/mol. The Morgan fingerprint density at radius 3 is 2.38 bits per heavy atom. The molecular weight excluding hydrogens is 564 g/mol. The van der Waals surface area contributed by atoms with E-state index in [1.807, 2.05) is 30.3 Å². The number of benzene rings is 2. The lowest BCUT2D eigenvalue weighted by Crippen LogP contribution is -2.47. The molecule has 7 heteroatoms. The third kappa shape index (κ3) is 7.43. The molecule has 0 radical (unpaired) electrons. The zero-order valence-corrected chi connectivity index (χ0v) is 27.1. The van der Waals surface area contributed by atoms with Gasteiger partial charge in [0, 0.05) is 31.6 Å². The zero-order chi connectivity index (χ0) is 32.1. The highest BCUT2D eigenvalue weighted by molar-refractivity contribution is 6.06. The summed E-state index contributed by atoms with van der Waals surface area (Å²) in [6.45, 7) is 8.50. The number of rotatable bonds is 12. The summed E-state index contributed by atoms with van der Waals surface area (Å²) in [5.41, 5.74) is 5.14. The van der Waals surface area contributed by atoms with Crippen LogP contribution in [-0.2, 0) is 16.1 Å². The van der Waals surface area contributed by atoms with E-state index in [2.05, 4.69) is 43.9 Å². The van der Waals surface area contributed by atoms with Crippen LogP contribution in [0.2, 0.25) is 0 Å². The van der Waals surface area contributed by atoms with E-state index < -0.39 is 23.9 Å². The second-order valence-electron chi connectivity index (χ2n) is 13.5. The molecular formula is C38H50N2O5. The summed E-state index contributed by atoms with van der Waals surface area (Å²) in [5, 5.41) is 32.4. The maximum atomic E-state index is 14.1. The van der Waals surface area contributed by atoms with Crippen molar-refractivity contribution in [2.75, 3.05) is 19.7 Å². The van der Waals surface area contributed by atoms with E-state index in [1.165, 1.54) is 11.1 Å². The minimum Gasteiger partial charge on any atom is -0.508 e. The first-order chi connectivity index (χ1) is 21.7. The number of amides is 2. The van der Waals surface area contributed by atoms with Gasteiger partial charge in [-0.15, -0.1) is 0 Å². The average Bonchev–Trinajstić information content (AvgIpc) is 3.28. The van der Waals surface area contributed by atoms with Crippen molar-refractivity contribution in [3.8, 4) is 5.75 Å². The number of hydrogen-bond acceptors (Lipinski definition) is 6. The molecule has 4 atom stereocenters. The number of aromatic hydroxyl groups is 1. The molecule has 3 aliphatic rings. The van der Waals surface area contributed by atoms with Crippen LogP contribution < -0.4 is 0 Å². The second-order valence-corrected chi connectivity index (χ2v) is 13.5. The Balaban J connectivity index is 1.31. The summed E-state index contributed by atoms with van der Waals surface area (Å²) in [7, 11) is 0. The van der Waals surface area contributed by atoms with Crippen molar-refractivity contribution in [3.63, 3.8) is 0 Å². The van der Waals surface area contributed by atoms with Gasteiger partial charge in [-0.3, -0.25) is 19.4 Å². The molecule has 2 amide bonds. The Bertz CT molecular complexity index is 1390. The van der Waals surface area contributed by atoms with E-state index >= 15 is 0 Å². The maximum absolute atomic E-state index is 14.1. The van der Waals surface area contributed by atoms with E-state index in [-0.39, 0.29) is 36.1 Å². The molecule has 2 heterocycles. The molecule has 0 aromatic heterocycles. The zero-order valence-electron chi connectivity index (χ0n) is 27.1. The molecule has 0 unspecified atom stereocenters. The fourth-order valence-corrected chi connectivity index (χ4v) is 7.92. The van der Waals surface area contributed by atoms with Crippen molar-refractivity contribution in [2.24, 2.45) is 23.7 Å². The fourth-order valence-electron chi connectivity index (χ4n) is 7.92. The van der Waals surface area contributed by atoms with Gasteiger partial charge in [0.05, 0.1) is 24.5 Å². The third-order valence-corrected chi connectivity index (χ3v) is 10.1. The minimum atomic E-state index is -0.817. The normalized spacial score (nSPS) is 24.1. The van der Waals surface area contributed by atoms with Gasteiger partial charge in [-0.1, -0.05) is 86.9 Å². The van der Waals surface area contributed by atoms with Crippen molar-refractivity contribution in [3.05, 3.63) is 82.4 Å². The molecule has 0 saturated carbocycles. The lowest BCUT2D eigenvalue weighted by atomic mass is 9.66. The topological polar surface area (TPSA) is 101 Å². The van der Waals surface area contributed by atoms with Crippen LogP contribution in [0.1, 0.15) is 76.8 Å². The first-order valence-electron chi connectivity index (χ1n) is 16.8. The lowest BCUT2D eigenvalue weighted by molar-refractivity contribution is -0.144. The Hall–Kier alpha value is -3.26. The standard InChI is InChI=1S/C38H50N2O5/c1-4-9-26(20-28-12-8-13-30(42)21-28)14-15-34(43)35-31(25(2)3)22-32-36(33(35)24-41)38(45)40(37(32)44)29-16-18-39(19-17-29)23-27-10-6-5-7-11-27/h5-8,10-13,20-21,25,29,32-34,36,41-43H,4,9,14-19,22-24H2,1-3H3/b26-20+/t32-,33+,34-,36-/m1/s1. The number of imide groups is 1. The van der Waals surface area contributed by atoms with Crippen molar-refractivity contribution in [1.82, 2.24) is 9.80 Å². The number of piperidine rings is 1. The minimum absolute atomic E-state index is 0.0841. The number of aliphatic hydroxyl groups excluding tert-OH is 2. The van der Waals surface area contributed by atoms with Crippen molar-refractivity contribution < 1.29 is 24.9 Å². The second kappa shape index (κ2) is 14.9. The number of carbonyl (C=O) groups excluding carboxylic acids is 2. The summed E-state index contributed by atoms with van der Waals surface area (Å²) in [6, 6.07) is 17.4. The first kappa shape index (κ1) is 33.1. The van der Waals surface area contributed by atoms with Crippen molar-refractivity contribution in [1.29, 1.82) is 0 Å². The number of fused-ring (bicyclic) bond motifs is 1. The van der Waals surface area contributed by atoms with Crippen LogP contribution in [-0.4, -0.2) is 68.8 Å². The first-order valence-corrected chi connectivity index (χ1v) is 16.8. The largest absolute Gasteiger partial charge is 0.508 e. The molecule has 3 N–H and O–H groups in total. The summed E-state index contributed by atoms with van der Waals surface area (Å²) < 4.78 is 0. The van der Waals surface area contributed by atoms with Gasteiger partial charge >= 0.3 is 0 Å². The summed E-state index contributed by atoms with van der Waals surface area (Å²) in [5.74, 6) is -1.65. The Morgan fingerprint density at radius 1 is 1.00 bits per heavy atom. The Labute approximate surface area is 268 Å². The molecule has 2 aromatic carbocycles. The molecule has 1 aliphatic carbocycles. The molecule has 2 fully saturated rings. The Kier molecular flexibility index (Phi) is 11.0. The molecule has 2 aliphatic heterocycles.